The number of benzene rings is 1. The van der Waals surface area contributed by atoms with Gasteiger partial charge in [0.15, 0.2) is 0 Å². The lowest BCUT2D eigenvalue weighted by molar-refractivity contribution is -0.117. The number of hydrogen-bond acceptors (Lipinski definition) is 4. The van der Waals surface area contributed by atoms with Crippen LogP contribution in [0.3, 0.4) is 0 Å². The van der Waals surface area contributed by atoms with E-state index in [0.717, 1.165) is 38.9 Å². The Hall–Kier alpha value is -3.87. The van der Waals surface area contributed by atoms with Gasteiger partial charge in [0.2, 0.25) is 0 Å². The van der Waals surface area contributed by atoms with Crippen molar-refractivity contribution in [1.82, 2.24) is 19.7 Å². The number of pyridine rings is 1. The molecule has 0 spiro atoms. The maximum Gasteiger partial charge on any atom is 0.254 e. The van der Waals surface area contributed by atoms with Gasteiger partial charge in [-0.05, 0) is 73.1 Å². The molecule has 1 aliphatic rings. The molecule has 0 atom stereocenters. The van der Waals surface area contributed by atoms with E-state index in [-0.39, 0.29) is 5.91 Å². The summed E-state index contributed by atoms with van der Waals surface area (Å²) in [5.74, 6) is 0.449. The fourth-order valence-corrected chi connectivity index (χ4v) is 4.34. The highest BCUT2D eigenvalue weighted by molar-refractivity contribution is 6.12. The van der Waals surface area contributed by atoms with Gasteiger partial charge in [0.05, 0.1) is 17.8 Å². The second-order valence-electron chi connectivity index (χ2n) is 8.74. The number of amides is 1. The van der Waals surface area contributed by atoms with Crippen LogP contribution in [0, 0.1) is 13.8 Å². The number of H-pyrrole nitrogens is 1. The molecule has 168 valence electrons. The van der Waals surface area contributed by atoms with E-state index in [2.05, 4.69) is 62.9 Å². The lowest BCUT2D eigenvalue weighted by Gasteiger charge is -2.12. The van der Waals surface area contributed by atoms with Crippen molar-refractivity contribution in [3.63, 3.8) is 0 Å². The molecule has 1 aromatic carbocycles. The molecule has 0 bridgehead atoms. The van der Waals surface area contributed by atoms with Crippen LogP contribution in [0.25, 0.3) is 16.6 Å². The fraction of sp³-hybridized carbons (Fsp3) is 0.269. The molecule has 7 heteroatoms. The highest BCUT2D eigenvalue weighted by Crippen LogP contribution is 2.39. The van der Waals surface area contributed by atoms with E-state index in [4.69, 9.17) is 5.73 Å². The van der Waals surface area contributed by atoms with Gasteiger partial charge < -0.3 is 20.4 Å². The molecule has 5 rings (SSSR count). The summed E-state index contributed by atoms with van der Waals surface area (Å²) < 4.78 is 2.05. The van der Waals surface area contributed by atoms with Crippen molar-refractivity contribution in [3.05, 3.63) is 82.6 Å². The van der Waals surface area contributed by atoms with Gasteiger partial charge >= 0.3 is 0 Å². The predicted octanol–water partition coefficient (Wildman–Crippen LogP) is 4.04. The Kier molecular flexibility index (Phi) is 5.46. The van der Waals surface area contributed by atoms with E-state index in [1.807, 2.05) is 18.5 Å². The van der Waals surface area contributed by atoms with Crippen LogP contribution in [0.15, 0.2) is 59.6 Å². The molecule has 1 saturated carbocycles. The van der Waals surface area contributed by atoms with E-state index >= 15 is 0 Å². The topological polar surface area (TPSA) is 101 Å². The number of aliphatic imine (C=N–C) groups is 1. The summed E-state index contributed by atoms with van der Waals surface area (Å²) in [5, 5.41) is 4.14. The van der Waals surface area contributed by atoms with Crippen LogP contribution < -0.4 is 11.1 Å². The molecule has 1 fully saturated rings. The molecule has 1 amide bonds. The number of hydrogen-bond donors (Lipinski definition) is 3. The van der Waals surface area contributed by atoms with E-state index in [9.17, 15) is 4.79 Å². The monoisotopic (exact) mass is 440 g/mol. The van der Waals surface area contributed by atoms with E-state index in [1.54, 1.807) is 0 Å². The maximum atomic E-state index is 12.7. The second kappa shape index (κ2) is 8.58. The van der Waals surface area contributed by atoms with Crippen molar-refractivity contribution in [2.45, 2.75) is 45.7 Å². The molecular weight excluding hydrogens is 412 g/mol. The summed E-state index contributed by atoms with van der Waals surface area (Å²) in [6, 6.07) is 8.37. The van der Waals surface area contributed by atoms with Crippen LogP contribution in [-0.2, 0) is 17.9 Å². The predicted molar refractivity (Wildman–Crippen MR) is 131 cm³/mol. The number of carbonyl (C=O) groups excluding carboxylic acids is 1. The first-order valence-corrected chi connectivity index (χ1v) is 11.3. The lowest BCUT2D eigenvalue weighted by Crippen LogP contribution is -2.26. The third-order valence-corrected chi connectivity index (χ3v) is 6.40. The molecule has 3 heterocycles. The van der Waals surface area contributed by atoms with Crippen molar-refractivity contribution in [2.75, 3.05) is 0 Å². The lowest BCUT2D eigenvalue weighted by atomic mass is 9.99. The normalized spacial score (nSPS) is 14.5. The van der Waals surface area contributed by atoms with Crippen LogP contribution in [0.2, 0.25) is 0 Å². The summed E-state index contributed by atoms with van der Waals surface area (Å²) in [6.45, 7) is 4.94. The number of aromatic nitrogens is 3. The van der Waals surface area contributed by atoms with Crippen LogP contribution >= 0.6 is 0 Å². The number of nitrogens with two attached hydrogens (primary N) is 1. The van der Waals surface area contributed by atoms with E-state index in [0.29, 0.717) is 24.6 Å². The minimum absolute atomic E-state index is 0.252. The van der Waals surface area contributed by atoms with Gasteiger partial charge in [0.1, 0.15) is 5.65 Å². The number of carbonyl (C=O) groups is 1. The number of nitrogens with one attached hydrogen (secondary N) is 2. The third kappa shape index (κ3) is 4.26. The molecule has 0 saturated heterocycles. The summed E-state index contributed by atoms with van der Waals surface area (Å²) >= 11 is 0. The molecule has 4 aromatic rings. The van der Waals surface area contributed by atoms with Crippen molar-refractivity contribution < 1.29 is 4.79 Å². The Morgan fingerprint density at radius 1 is 1.30 bits per heavy atom. The molecule has 3 aromatic heterocycles. The first kappa shape index (κ1) is 21.0. The largest absolute Gasteiger partial charge is 0.404 e. The smallest absolute Gasteiger partial charge is 0.254 e. The summed E-state index contributed by atoms with van der Waals surface area (Å²) in [5.41, 5.74) is 13.7. The van der Waals surface area contributed by atoms with Gasteiger partial charge in [-0.25, -0.2) is 4.98 Å². The molecule has 4 N–H and O–H groups in total. The number of fused-ring (bicyclic) bond motifs is 2. The van der Waals surface area contributed by atoms with Gasteiger partial charge in [-0.3, -0.25) is 9.79 Å². The highest BCUT2D eigenvalue weighted by atomic mass is 16.1. The average molecular weight is 441 g/mol. The van der Waals surface area contributed by atoms with Gasteiger partial charge in [-0.15, -0.1) is 0 Å². The van der Waals surface area contributed by atoms with Gasteiger partial charge in [-0.1, -0.05) is 6.07 Å². The Morgan fingerprint density at radius 3 is 2.94 bits per heavy atom. The SMILES string of the molecule is Cc1cc2[nH]ccc2c(C)c1CNC(=O)/C(C=NCc1cn2cc(C3CC3)ccc2n1)=C/N. The van der Waals surface area contributed by atoms with Gasteiger partial charge in [-0.2, -0.15) is 0 Å². The first-order valence-electron chi connectivity index (χ1n) is 11.3. The number of aromatic amines is 1. The number of imidazole rings is 1. The maximum absolute atomic E-state index is 12.7. The molecule has 1 aliphatic carbocycles. The second-order valence-corrected chi connectivity index (χ2v) is 8.74. The van der Waals surface area contributed by atoms with Gasteiger partial charge in [0, 0.05) is 48.5 Å². The number of nitrogens with zero attached hydrogens (tertiary/aromatic N) is 3. The van der Waals surface area contributed by atoms with Crippen LogP contribution in [0.5, 0.6) is 0 Å². The molecular formula is C26H28N6O. The number of aryl methyl sites for hydroxylation is 2. The zero-order valence-electron chi connectivity index (χ0n) is 18.9. The molecule has 0 radical (unpaired) electrons. The van der Waals surface area contributed by atoms with Crippen LogP contribution in [0.4, 0.5) is 0 Å². The zero-order chi connectivity index (χ0) is 22.9. The van der Waals surface area contributed by atoms with Crippen molar-refractivity contribution in [1.29, 1.82) is 0 Å². The minimum atomic E-state index is -0.252. The molecule has 0 aliphatic heterocycles. The third-order valence-electron chi connectivity index (χ3n) is 6.40. The quantitative estimate of drug-likeness (QED) is 0.299. The standard InChI is InChI=1S/C26H28N6O/c1-16-9-24-22(7-8-29-24)17(2)23(16)13-30-26(33)20(10-27)11-28-12-21-15-32-14-19(18-3-4-18)5-6-25(32)31-21/h5-11,14-15,18,29H,3-4,12-13,27H2,1-2H3,(H,30,33)/b20-10+,28-11?. The molecule has 33 heavy (non-hydrogen) atoms. The van der Waals surface area contributed by atoms with Crippen molar-refractivity contribution in [3.8, 4) is 0 Å². The van der Waals surface area contributed by atoms with E-state index < -0.39 is 0 Å². The Morgan fingerprint density at radius 2 is 2.15 bits per heavy atom. The fourth-order valence-electron chi connectivity index (χ4n) is 4.34. The molecule has 0 unspecified atom stereocenters. The Balaban J connectivity index is 1.23. The highest BCUT2D eigenvalue weighted by Gasteiger charge is 2.23. The van der Waals surface area contributed by atoms with Crippen LogP contribution in [-0.4, -0.2) is 26.5 Å². The van der Waals surface area contributed by atoms with E-state index in [1.165, 1.54) is 30.8 Å². The van der Waals surface area contributed by atoms with Crippen molar-refractivity contribution >= 4 is 28.7 Å². The summed E-state index contributed by atoms with van der Waals surface area (Å²) in [4.78, 5) is 25.0. The zero-order valence-corrected chi connectivity index (χ0v) is 18.9. The van der Waals surface area contributed by atoms with Crippen molar-refractivity contribution in [2.24, 2.45) is 10.7 Å². The first-order chi connectivity index (χ1) is 16.0. The average Bonchev–Trinajstić information content (AvgIpc) is 3.41. The summed E-state index contributed by atoms with van der Waals surface area (Å²) in [7, 11) is 0. The summed E-state index contributed by atoms with van der Waals surface area (Å²) in [6.07, 6.45) is 11.4. The van der Waals surface area contributed by atoms with Gasteiger partial charge in [0.25, 0.3) is 5.91 Å². The van der Waals surface area contributed by atoms with Crippen LogP contribution in [0.1, 0.15) is 46.7 Å². The molecule has 7 nitrogen and oxygen atoms in total. The number of rotatable bonds is 7. The Bertz CT molecular complexity index is 1400. The Labute approximate surface area is 192 Å². The minimum Gasteiger partial charge on any atom is -0.404 e.